The van der Waals surface area contributed by atoms with E-state index in [1.54, 1.807) is 12.3 Å². The van der Waals surface area contributed by atoms with E-state index in [4.69, 9.17) is 19.2 Å². The van der Waals surface area contributed by atoms with Crippen molar-refractivity contribution in [1.29, 1.82) is 0 Å². The molecule has 1 amide bonds. The van der Waals surface area contributed by atoms with Crippen LogP contribution in [0.4, 0.5) is 0 Å². The fourth-order valence-corrected chi connectivity index (χ4v) is 5.23. The van der Waals surface area contributed by atoms with Gasteiger partial charge in [-0.05, 0) is 37.8 Å². The Kier molecular flexibility index (Phi) is 6.80. The Morgan fingerprint density at radius 1 is 1.31 bits per heavy atom. The molecule has 10 nitrogen and oxygen atoms in total. The molecule has 1 N–H and O–H groups in total. The van der Waals surface area contributed by atoms with Gasteiger partial charge in [-0.3, -0.25) is 19.5 Å². The van der Waals surface area contributed by atoms with E-state index >= 15 is 0 Å². The average molecular weight is 444 g/mol. The number of hydrogen-bond acceptors (Lipinski definition) is 8. The molecule has 1 spiro atoms. The molecule has 1 unspecified atom stereocenters. The molecule has 0 radical (unpaired) electrons. The number of aryl methyl sites for hydroxylation is 1. The van der Waals surface area contributed by atoms with Crippen molar-refractivity contribution in [3.63, 3.8) is 0 Å². The number of carbonyl (C=O) groups excluding carboxylic acids is 1. The second kappa shape index (κ2) is 9.74. The number of morpholine rings is 1. The summed E-state index contributed by atoms with van der Waals surface area (Å²) in [5.41, 5.74) is 0.255. The van der Waals surface area contributed by atoms with Gasteiger partial charge in [0.05, 0.1) is 25.3 Å². The summed E-state index contributed by atoms with van der Waals surface area (Å²) in [6, 6.07) is 6.34. The number of aromatic nitrogens is 3. The quantitative estimate of drug-likeness (QED) is 0.704. The standard InChI is InChI=1S/C21H27N5O3.CH2O2/c1-2-19-23-18(24-29-19)13-26-15-6-7-16(26)12-21(11-15)14-25(9-10-28-21)20(27)17-5-3-4-8-22-17;2-1-3/h3-5,8,15-16H,2,6-7,9-14H2,1H3;1H,(H,2,3)/t15-,16+,21?;. The van der Waals surface area contributed by atoms with E-state index in [1.165, 1.54) is 0 Å². The fraction of sp³-hybridized carbons (Fsp3) is 0.591. The van der Waals surface area contributed by atoms with Crippen LogP contribution in [0.5, 0.6) is 0 Å². The normalized spacial score (nSPS) is 27.1. The molecule has 3 aliphatic rings. The third kappa shape index (κ3) is 4.66. The highest BCUT2D eigenvalue weighted by atomic mass is 16.5. The highest BCUT2D eigenvalue weighted by Gasteiger charge is 2.51. The van der Waals surface area contributed by atoms with Crippen LogP contribution in [0.25, 0.3) is 0 Å². The van der Waals surface area contributed by atoms with Gasteiger partial charge in [0.1, 0.15) is 5.69 Å². The van der Waals surface area contributed by atoms with Gasteiger partial charge in [-0.1, -0.05) is 18.1 Å². The molecule has 3 fully saturated rings. The van der Waals surface area contributed by atoms with Crippen molar-refractivity contribution < 1.29 is 24.0 Å². The van der Waals surface area contributed by atoms with E-state index in [-0.39, 0.29) is 18.0 Å². The maximum Gasteiger partial charge on any atom is 0.290 e. The Morgan fingerprint density at radius 3 is 2.69 bits per heavy atom. The Hall–Kier alpha value is -2.85. The van der Waals surface area contributed by atoms with Crippen molar-refractivity contribution >= 4 is 12.4 Å². The smallest absolute Gasteiger partial charge is 0.290 e. The molecular weight excluding hydrogens is 414 g/mol. The van der Waals surface area contributed by atoms with Gasteiger partial charge in [-0.25, -0.2) is 0 Å². The average Bonchev–Trinajstić information content (AvgIpc) is 3.37. The zero-order valence-corrected chi connectivity index (χ0v) is 18.2. The number of amides is 1. The minimum Gasteiger partial charge on any atom is -0.483 e. The summed E-state index contributed by atoms with van der Waals surface area (Å²) in [4.78, 5) is 34.4. The summed E-state index contributed by atoms with van der Waals surface area (Å²) in [5.74, 6) is 1.47. The summed E-state index contributed by atoms with van der Waals surface area (Å²) in [6.45, 7) is 4.35. The van der Waals surface area contributed by atoms with Crippen molar-refractivity contribution in [3.8, 4) is 0 Å². The number of rotatable bonds is 4. The van der Waals surface area contributed by atoms with Gasteiger partial charge in [-0.2, -0.15) is 4.98 Å². The number of carboxylic acid groups (broad SMARTS) is 1. The van der Waals surface area contributed by atoms with Crippen LogP contribution in [0, 0.1) is 0 Å². The molecule has 2 aromatic rings. The zero-order valence-electron chi connectivity index (χ0n) is 18.2. The summed E-state index contributed by atoms with van der Waals surface area (Å²) in [7, 11) is 0. The van der Waals surface area contributed by atoms with E-state index in [9.17, 15) is 4.79 Å². The predicted octanol–water partition coefficient (Wildman–Crippen LogP) is 1.77. The van der Waals surface area contributed by atoms with Crippen LogP contribution >= 0.6 is 0 Å². The monoisotopic (exact) mass is 443 g/mol. The topological polar surface area (TPSA) is 122 Å². The van der Waals surface area contributed by atoms with E-state index in [1.807, 2.05) is 24.0 Å². The second-order valence-corrected chi connectivity index (χ2v) is 8.50. The molecule has 3 atom stereocenters. The molecule has 3 aliphatic heterocycles. The molecular formula is C22H29N5O5. The molecule has 5 rings (SSSR count). The zero-order chi connectivity index (χ0) is 22.6. The summed E-state index contributed by atoms with van der Waals surface area (Å²) < 4.78 is 11.6. The Morgan fingerprint density at radius 2 is 2.06 bits per heavy atom. The first-order valence-electron chi connectivity index (χ1n) is 11.1. The van der Waals surface area contributed by atoms with Crippen LogP contribution in [0.3, 0.4) is 0 Å². The number of pyridine rings is 1. The largest absolute Gasteiger partial charge is 0.483 e. The van der Waals surface area contributed by atoms with Gasteiger partial charge >= 0.3 is 0 Å². The minimum absolute atomic E-state index is 0.00180. The minimum atomic E-state index is -0.253. The van der Waals surface area contributed by atoms with Gasteiger partial charge < -0.3 is 19.3 Å². The van der Waals surface area contributed by atoms with Crippen LogP contribution in [-0.4, -0.2) is 79.8 Å². The number of fused-ring (bicyclic) bond motifs is 2. The van der Waals surface area contributed by atoms with E-state index < -0.39 is 0 Å². The Bertz CT molecular complexity index is 906. The number of carbonyl (C=O) groups is 2. The van der Waals surface area contributed by atoms with E-state index in [0.717, 1.165) is 44.5 Å². The lowest BCUT2D eigenvalue weighted by atomic mass is 9.84. The highest BCUT2D eigenvalue weighted by Crippen LogP contribution is 2.44. The van der Waals surface area contributed by atoms with E-state index in [0.29, 0.717) is 43.4 Å². The summed E-state index contributed by atoms with van der Waals surface area (Å²) in [6.07, 6.45) is 6.62. The maximum atomic E-state index is 12.9. The number of hydrogen-bond donors (Lipinski definition) is 1. The van der Waals surface area contributed by atoms with Gasteiger partial charge in [-0.15, -0.1) is 0 Å². The molecule has 3 saturated heterocycles. The highest BCUT2D eigenvalue weighted by molar-refractivity contribution is 5.92. The predicted molar refractivity (Wildman–Crippen MR) is 113 cm³/mol. The lowest BCUT2D eigenvalue weighted by molar-refractivity contribution is -0.143. The van der Waals surface area contributed by atoms with Crippen LogP contribution in [0.1, 0.15) is 54.8 Å². The first-order chi connectivity index (χ1) is 15.6. The first-order valence-corrected chi connectivity index (χ1v) is 11.1. The Labute approximate surface area is 186 Å². The van der Waals surface area contributed by atoms with Gasteiger partial charge in [0.25, 0.3) is 12.4 Å². The molecule has 0 saturated carbocycles. The third-order valence-corrected chi connectivity index (χ3v) is 6.54. The van der Waals surface area contributed by atoms with Gasteiger partial charge in [0, 0.05) is 31.2 Å². The SMILES string of the molecule is CCc1nc(CN2[C@@H]3CC[C@H]2CC2(C3)CN(C(=O)c3ccccn3)CCO2)no1.O=CO. The first kappa shape index (κ1) is 22.3. The van der Waals surface area contributed by atoms with Crippen LogP contribution in [0.2, 0.25) is 0 Å². The lowest BCUT2D eigenvalue weighted by Gasteiger charge is -2.50. The van der Waals surface area contributed by atoms with Crippen LogP contribution in [-0.2, 0) is 22.5 Å². The van der Waals surface area contributed by atoms with Crippen molar-refractivity contribution in [2.75, 3.05) is 19.7 Å². The van der Waals surface area contributed by atoms with Crippen LogP contribution in [0.15, 0.2) is 28.9 Å². The van der Waals surface area contributed by atoms with E-state index in [2.05, 4.69) is 20.0 Å². The summed E-state index contributed by atoms with van der Waals surface area (Å²) in [5, 5.41) is 11.0. The van der Waals surface area contributed by atoms with Crippen molar-refractivity contribution in [2.24, 2.45) is 0 Å². The van der Waals surface area contributed by atoms with Gasteiger partial charge in [0.2, 0.25) is 5.89 Å². The van der Waals surface area contributed by atoms with Crippen molar-refractivity contribution in [2.45, 2.75) is 63.3 Å². The fourth-order valence-electron chi connectivity index (χ4n) is 5.23. The molecule has 10 heteroatoms. The van der Waals surface area contributed by atoms with Crippen molar-refractivity contribution in [1.82, 2.24) is 24.9 Å². The third-order valence-electron chi connectivity index (χ3n) is 6.54. The van der Waals surface area contributed by atoms with Crippen molar-refractivity contribution in [3.05, 3.63) is 41.8 Å². The molecule has 5 heterocycles. The second-order valence-electron chi connectivity index (χ2n) is 8.50. The van der Waals surface area contributed by atoms with Gasteiger partial charge in [0.15, 0.2) is 5.82 Å². The molecule has 172 valence electrons. The lowest BCUT2D eigenvalue weighted by Crippen LogP contribution is -2.60. The number of nitrogens with zero attached hydrogens (tertiary/aromatic N) is 5. The molecule has 0 aliphatic carbocycles. The van der Waals surface area contributed by atoms with Crippen LogP contribution < -0.4 is 0 Å². The Balaban J connectivity index is 0.000000775. The number of ether oxygens (including phenoxy) is 1. The molecule has 2 aromatic heterocycles. The molecule has 32 heavy (non-hydrogen) atoms. The molecule has 2 bridgehead atoms. The number of piperidine rings is 1. The summed E-state index contributed by atoms with van der Waals surface area (Å²) >= 11 is 0. The maximum absolute atomic E-state index is 12.9. The molecule has 0 aromatic carbocycles.